The lowest BCUT2D eigenvalue weighted by Crippen LogP contribution is -2.34. The number of nitrogens with zero attached hydrogens (tertiary/aromatic N) is 2. The lowest BCUT2D eigenvalue weighted by Gasteiger charge is -2.04. The highest BCUT2D eigenvalue weighted by Gasteiger charge is 2.37. The van der Waals surface area contributed by atoms with Crippen molar-refractivity contribution in [2.24, 2.45) is 0 Å². The maximum Gasteiger partial charge on any atom is 0.344 e. The number of nitrogens with one attached hydrogen (secondary N) is 1. The fraction of sp³-hybridized carbons (Fsp3) is 0.267. The highest BCUT2D eigenvalue weighted by atomic mass is 32.2. The Morgan fingerprint density at radius 1 is 1.52 bits per heavy atom. The Labute approximate surface area is 125 Å². The quantitative estimate of drug-likeness (QED) is 0.681. The largest absolute Gasteiger partial charge is 0.465 e. The smallest absolute Gasteiger partial charge is 0.344 e. The van der Waals surface area contributed by atoms with Gasteiger partial charge in [0.05, 0.1) is 12.8 Å². The first-order chi connectivity index (χ1) is 10.1. The Balaban J connectivity index is 2.02. The zero-order valence-electron chi connectivity index (χ0n) is 11.9. The van der Waals surface area contributed by atoms with E-state index < -0.39 is 10.7 Å². The van der Waals surface area contributed by atoms with E-state index in [2.05, 4.69) is 4.98 Å². The predicted octanol–water partition coefficient (Wildman–Crippen LogP) is 1.96. The topological polar surface area (TPSA) is 66.9 Å². The van der Waals surface area contributed by atoms with Crippen molar-refractivity contribution in [1.82, 2.24) is 4.98 Å². The molecule has 0 saturated heterocycles. The molecule has 5 nitrogen and oxygen atoms in total. The number of methoxy groups -OCH3 is 1. The second-order valence-corrected chi connectivity index (χ2v) is 6.60. The second-order valence-electron chi connectivity index (χ2n) is 4.93. The van der Waals surface area contributed by atoms with E-state index in [1.807, 2.05) is 35.8 Å². The molecule has 0 bridgehead atoms. The maximum atomic E-state index is 11.8. The van der Waals surface area contributed by atoms with E-state index in [1.54, 1.807) is 12.4 Å². The molecule has 6 heteroatoms. The summed E-state index contributed by atoms with van der Waals surface area (Å²) in [6.45, 7) is 2.54. The summed E-state index contributed by atoms with van der Waals surface area (Å²) >= 11 is 0. The zero-order chi connectivity index (χ0) is 15.0. The number of ether oxygens (including phenoxy) is 1. The van der Waals surface area contributed by atoms with Crippen molar-refractivity contribution in [3.63, 3.8) is 0 Å². The van der Waals surface area contributed by atoms with Gasteiger partial charge in [0.15, 0.2) is 12.7 Å². The van der Waals surface area contributed by atoms with Crippen LogP contribution >= 0.6 is 0 Å². The SMILES string of the molecule is COC(=O)c1c[n+]2c(cc1C)S(=N)C(c1ccccn1)C2. The zero-order valence-corrected chi connectivity index (χ0v) is 12.7. The number of rotatable bonds is 2. The molecule has 2 aromatic heterocycles. The van der Waals surface area contributed by atoms with E-state index in [4.69, 9.17) is 9.52 Å². The molecular weight excluding hydrogens is 286 g/mol. The van der Waals surface area contributed by atoms with E-state index in [1.165, 1.54) is 7.11 Å². The minimum absolute atomic E-state index is 0.0403. The van der Waals surface area contributed by atoms with Crippen LogP contribution in [-0.4, -0.2) is 18.1 Å². The summed E-state index contributed by atoms with van der Waals surface area (Å²) in [5.41, 5.74) is 2.33. The first-order valence-corrected chi connectivity index (χ1v) is 7.88. The molecule has 2 unspecified atom stereocenters. The van der Waals surface area contributed by atoms with Crippen LogP contribution in [0.25, 0.3) is 0 Å². The van der Waals surface area contributed by atoms with E-state index >= 15 is 0 Å². The number of hydrogen-bond acceptors (Lipinski definition) is 4. The lowest BCUT2D eigenvalue weighted by atomic mass is 10.1. The number of carbonyl (C=O) groups excluding carboxylic acids is 1. The maximum absolute atomic E-state index is 11.8. The summed E-state index contributed by atoms with van der Waals surface area (Å²) in [5.74, 6) is -0.339. The van der Waals surface area contributed by atoms with Gasteiger partial charge in [-0.05, 0) is 24.6 Å². The molecule has 3 rings (SSSR count). The van der Waals surface area contributed by atoms with Crippen LogP contribution in [0.1, 0.15) is 26.9 Å². The van der Waals surface area contributed by atoms with Gasteiger partial charge in [0, 0.05) is 23.0 Å². The van der Waals surface area contributed by atoms with Gasteiger partial charge in [-0.1, -0.05) is 6.07 Å². The minimum Gasteiger partial charge on any atom is -0.465 e. The van der Waals surface area contributed by atoms with Crippen LogP contribution in [0.4, 0.5) is 0 Å². The number of aromatic nitrogens is 2. The highest BCUT2D eigenvalue weighted by Crippen LogP contribution is 2.29. The molecule has 2 atom stereocenters. The van der Waals surface area contributed by atoms with Gasteiger partial charge in [0.1, 0.15) is 10.8 Å². The minimum atomic E-state index is -0.672. The van der Waals surface area contributed by atoms with Gasteiger partial charge in [-0.15, -0.1) is 0 Å². The summed E-state index contributed by atoms with van der Waals surface area (Å²) in [6, 6.07) is 7.70. The van der Waals surface area contributed by atoms with Gasteiger partial charge in [-0.2, -0.15) is 4.57 Å². The van der Waals surface area contributed by atoms with Crippen molar-refractivity contribution in [2.45, 2.75) is 23.7 Å². The van der Waals surface area contributed by atoms with Crippen molar-refractivity contribution in [3.8, 4) is 0 Å². The third kappa shape index (κ3) is 2.35. The van der Waals surface area contributed by atoms with Crippen molar-refractivity contribution >= 4 is 16.7 Å². The van der Waals surface area contributed by atoms with Crippen LogP contribution < -0.4 is 4.57 Å². The molecule has 21 heavy (non-hydrogen) atoms. The number of aryl methyl sites for hydroxylation is 1. The summed E-state index contributed by atoms with van der Waals surface area (Å²) in [5, 5.41) is 0.981. The second kappa shape index (κ2) is 5.37. The molecule has 0 saturated carbocycles. The number of hydrogen-bond donors (Lipinski definition) is 1. The van der Waals surface area contributed by atoms with Crippen molar-refractivity contribution in [1.29, 1.82) is 4.78 Å². The summed E-state index contributed by atoms with van der Waals surface area (Å²) in [7, 11) is 0.708. The summed E-state index contributed by atoms with van der Waals surface area (Å²) < 4.78 is 15.3. The average molecular weight is 302 g/mol. The van der Waals surface area contributed by atoms with Gasteiger partial charge < -0.3 is 4.74 Å². The molecule has 2 aromatic rings. The Bertz CT molecular complexity index is 731. The van der Waals surface area contributed by atoms with E-state index in [9.17, 15) is 4.79 Å². The van der Waals surface area contributed by atoms with Gasteiger partial charge >= 0.3 is 5.97 Å². The first-order valence-electron chi connectivity index (χ1n) is 6.59. The Morgan fingerprint density at radius 3 is 3.00 bits per heavy atom. The molecule has 3 heterocycles. The third-order valence-electron chi connectivity index (χ3n) is 3.63. The van der Waals surface area contributed by atoms with Crippen LogP contribution in [0.15, 0.2) is 41.7 Å². The Hall–Kier alpha value is -2.08. The molecule has 108 valence electrons. The van der Waals surface area contributed by atoms with Crippen molar-refractivity contribution in [3.05, 3.63) is 53.5 Å². The first kappa shape index (κ1) is 13.9. The van der Waals surface area contributed by atoms with Crippen LogP contribution in [0.2, 0.25) is 0 Å². The predicted molar refractivity (Wildman–Crippen MR) is 78.0 cm³/mol. The van der Waals surface area contributed by atoms with E-state index in [0.717, 1.165) is 16.3 Å². The Kier molecular flexibility index (Phi) is 3.55. The number of pyridine rings is 2. The fourth-order valence-corrected chi connectivity index (χ4v) is 4.17. The molecule has 0 spiro atoms. The molecular formula is C15H16N3O2S+. The van der Waals surface area contributed by atoms with Crippen molar-refractivity contribution in [2.75, 3.05) is 7.11 Å². The van der Waals surface area contributed by atoms with Gasteiger partial charge in [-0.25, -0.2) is 4.79 Å². The Morgan fingerprint density at radius 2 is 2.33 bits per heavy atom. The molecule has 0 radical (unpaired) electrons. The van der Waals surface area contributed by atoms with Gasteiger partial charge in [-0.3, -0.25) is 9.76 Å². The lowest BCUT2D eigenvalue weighted by molar-refractivity contribution is -0.727. The third-order valence-corrected chi connectivity index (χ3v) is 5.39. The fourth-order valence-electron chi connectivity index (χ4n) is 2.50. The normalized spacial score (nSPS) is 20.1. The van der Waals surface area contributed by atoms with Gasteiger partial charge in [0.2, 0.25) is 0 Å². The molecule has 1 aliphatic heterocycles. The highest BCUT2D eigenvalue weighted by molar-refractivity contribution is 7.86. The van der Waals surface area contributed by atoms with E-state index in [-0.39, 0.29) is 11.2 Å². The number of fused-ring (bicyclic) bond motifs is 1. The van der Waals surface area contributed by atoms with Crippen LogP contribution in [0, 0.1) is 11.7 Å². The molecule has 1 aliphatic rings. The molecule has 0 amide bonds. The molecule has 0 aromatic carbocycles. The molecule has 0 aliphatic carbocycles. The van der Waals surface area contributed by atoms with Crippen molar-refractivity contribution < 1.29 is 14.1 Å². The van der Waals surface area contributed by atoms with Crippen LogP contribution in [0.5, 0.6) is 0 Å². The average Bonchev–Trinajstić information content (AvgIpc) is 2.83. The summed E-state index contributed by atoms with van der Waals surface area (Å²) in [4.78, 5) is 16.1. The van der Waals surface area contributed by atoms with Gasteiger partial charge in [0.25, 0.3) is 5.03 Å². The molecule has 1 N–H and O–H groups in total. The molecule has 0 fully saturated rings. The van der Waals surface area contributed by atoms with E-state index in [0.29, 0.717) is 12.1 Å². The monoisotopic (exact) mass is 302 g/mol. The van der Waals surface area contributed by atoms with Crippen LogP contribution in [-0.2, 0) is 22.0 Å². The summed E-state index contributed by atoms with van der Waals surface area (Å²) in [6.07, 6.45) is 3.55. The number of carbonyl (C=O) groups is 1. The van der Waals surface area contributed by atoms with Crippen LogP contribution in [0.3, 0.4) is 0 Å². The number of esters is 1. The standard InChI is InChI=1S/C15H16N3O2S/c1-10-7-14-18(8-11(10)15(19)20-2)9-13(21(14)16)12-5-3-4-6-17-12/h3-8,13,16H,9H2,1-2H3/q+1.